The highest BCUT2D eigenvalue weighted by molar-refractivity contribution is 7.99. The number of aliphatic carboxylic acids is 1. The molecule has 3 N–H and O–H groups in total. The minimum absolute atomic E-state index is 0.0315. The predicted octanol–water partition coefficient (Wildman–Crippen LogP) is 0.911. The molecule has 8 heteroatoms. The lowest BCUT2D eigenvalue weighted by molar-refractivity contribution is -0.133. The highest BCUT2D eigenvalue weighted by Crippen LogP contribution is 2.20. The average molecular weight is 299 g/mol. The lowest BCUT2D eigenvalue weighted by Gasteiger charge is -2.32. The number of nitrogen functional groups attached to an aromatic ring is 1. The first kappa shape index (κ1) is 15.1. The molecular weight excluding hydrogens is 278 g/mol. The van der Waals surface area contributed by atoms with Gasteiger partial charge in [0.2, 0.25) is 5.95 Å². The van der Waals surface area contributed by atoms with Gasteiger partial charge in [0.1, 0.15) is 0 Å². The molecule has 1 saturated heterocycles. The van der Waals surface area contributed by atoms with Gasteiger partial charge in [0, 0.05) is 12.6 Å². The fourth-order valence-corrected chi connectivity index (χ4v) is 3.12. The Hall–Kier alpha value is -1.28. The topological polar surface area (TPSA) is 97.3 Å². The Balaban J connectivity index is 2.00. The molecule has 7 nitrogen and oxygen atoms in total. The van der Waals surface area contributed by atoms with Crippen LogP contribution in [-0.4, -0.2) is 55.6 Å². The molecule has 1 aliphatic rings. The summed E-state index contributed by atoms with van der Waals surface area (Å²) in [5, 5.41) is 17.1. The fourth-order valence-electron chi connectivity index (χ4n) is 2.44. The first-order chi connectivity index (χ1) is 9.58. The number of hydrogen-bond donors (Lipinski definition) is 2. The summed E-state index contributed by atoms with van der Waals surface area (Å²) in [5.41, 5.74) is 5.84. The molecule has 0 aliphatic carbocycles. The van der Waals surface area contributed by atoms with E-state index in [-0.39, 0.29) is 5.75 Å². The molecule has 0 aromatic carbocycles. The van der Waals surface area contributed by atoms with Gasteiger partial charge in [-0.15, -0.1) is 10.2 Å². The van der Waals surface area contributed by atoms with E-state index in [1.54, 1.807) is 0 Å². The first-order valence-electron chi connectivity index (χ1n) is 6.85. The maximum atomic E-state index is 10.6. The van der Waals surface area contributed by atoms with Crippen LogP contribution < -0.4 is 5.73 Å². The Morgan fingerprint density at radius 1 is 1.40 bits per heavy atom. The number of rotatable bonds is 6. The SMILES string of the molecule is CC(Cn1c(N)nnc1SCC(=O)O)N1CCCCC1. The lowest BCUT2D eigenvalue weighted by Crippen LogP contribution is -2.40. The molecule has 20 heavy (non-hydrogen) atoms. The summed E-state index contributed by atoms with van der Waals surface area (Å²) in [6, 6.07) is 0.345. The van der Waals surface area contributed by atoms with Crippen molar-refractivity contribution < 1.29 is 9.90 Å². The number of anilines is 1. The van der Waals surface area contributed by atoms with Gasteiger partial charge in [-0.05, 0) is 32.9 Å². The van der Waals surface area contributed by atoms with Gasteiger partial charge < -0.3 is 10.8 Å². The lowest BCUT2D eigenvalue weighted by atomic mass is 10.1. The number of aromatic nitrogens is 3. The third kappa shape index (κ3) is 3.86. The van der Waals surface area contributed by atoms with Crippen molar-refractivity contribution in [2.45, 2.75) is 43.9 Å². The predicted molar refractivity (Wildman–Crippen MR) is 77.7 cm³/mol. The second-order valence-electron chi connectivity index (χ2n) is 5.08. The van der Waals surface area contributed by atoms with Crippen LogP contribution in [0.1, 0.15) is 26.2 Å². The van der Waals surface area contributed by atoms with Crippen LogP contribution in [0, 0.1) is 0 Å². The van der Waals surface area contributed by atoms with Crippen LogP contribution in [0.4, 0.5) is 5.95 Å². The van der Waals surface area contributed by atoms with E-state index in [4.69, 9.17) is 10.8 Å². The highest BCUT2D eigenvalue weighted by atomic mass is 32.2. The molecule has 1 atom stereocenters. The third-order valence-electron chi connectivity index (χ3n) is 3.53. The number of hydrogen-bond acceptors (Lipinski definition) is 6. The zero-order valence-corrected chi connectivity index (χ0v) is 12.5. The summed E-state index contributed by atoms with van der Waals surface area (Å²) >= 11 is 1.16. The van der Waals surface area contributed by atoms with Gasteiger partial charge in [-0.1, -0.05) is 18.2 Å². The minimum atomic E-state index is -0.868. The van der Waals surface area contributed by atoms with E-state index in [0.717, 1.165) is 24.9 Å². The highest BCUT2D eigenvalue weighted by Gasteiger charge is 2.20. The molecular formula is C12H21N5O2S. The summed E-state index contributed by atoms with van der Waals surface area (Å²) in [4.78, 5) is 13.1. The Bertz CT molecular complexity index is 459. The zero-order valence-electron chi connectivity index (χ0n) is 11.7. The molecule has 1 fully saturated rings. The molecule has 1 unspecified atom stereocenters. The van der Waals surface area contributed by atoms with Crippen LogP contribution in [0.3, 0.4) is 0 Å². The van der Waals surface area contributed by atoms with Crippen molar-refractivity contribution in [3.63, 3.8) is 0 Å². The van der Waals surface area contributed by atoms with Crippen molar-refractivity contribution in [2.24, 2.45) is 0 Å². The number of nitrogens with two attached hydrogens (primary N) is 1. The normalized spacial score (nSPS) is 18.1. The summed E-state index contributed by atoms with van der Waals surface area (Å²) in [6.07, 6.45) is 3.78. The van der Waals surface area contributed by atoms with Crippen LogP contribution in [-0.2, 0) is 11.3 Å². The molecule has 1 aliphatic heterocycles. The fraction of sp³-hybridized carbons (Fsp3) is 0.750. The standard InChI is InChI=1S/C12H21N5O2S/c1-9(16-5-3-2-4-6-16)7-17-11(13)14-15-12(17)20-8-10(18)19/h9H,2-8H2,1H3,(H2,13,14)(H,18,19). The van der Waals surface area contributed by atoms with Crippen LogP contribution in [0.15, 0.2) is 5.16 Å². The Labute approximate surface area is 122 Å². The van der Waals surface area contributed by atoms with Gasteiger partial charge in [0.15, 0.2) is 5.16 Å². The van der Waals surface area contributed by atoms with E-state index in [2.05, 4.69) is 22.0 Å². The van der Waals surface area contributed by atoms with E-state index in [1.165, 1.54) is 19.3 Å². The largest absolute Gasteiger partial charge is 0.481 e. The molecule has 1 aromatic heterocycles. The molecule has 2 heterocycles. The molecule has 0 bridgehead atoms. The number of nitrogens with zero attached hydrogens (tertiary/aromatic N) is 4. The molecule has 0 amide bonds. The van der Waals surface area contributed by atoms with Gasteiger partial charge >= 0.3 is 5.97 Å². The molecule has 0 spiro atoms. The quantitative estimate of drug-likeness (QED) is 0.753. The number of carbonyl (C=O) groups is 1. The monoisotopic (exact) mass is 299 g/mol. The van der Waals surface area contributed by atoms with E-state index in [1.807, 2.05) is 4.57 Å². The van der Waals surface area contributed by atoms with Crippen LogP contribution in [0.2, 0.25) is 0 Å². The maximum absolute atomic E-state index is 10.6. The van der Waals surface area contributed by atoms with Crippen molar-refractivity contribution in [1.82, 2.24) is 19.7 Å². The molecule has 0 saturated carbocycles. The summed E-state index contributed by atoms with van der Waals surface area (Å²) in [6.45, 7) is 5.08. The van der Waals surface area contributed by atoms with Gasteiger partial charge in [-0.2, -0.15) is 0 Å². The Morgan fingerprint density at radius 3 is 2.75 bits per heavy atom. The third-order valence-corrected chi connectivity index (χ3v) is 4.48. The molecule has 2 rings (SSSR count). The van der Waals surface area contributed by atoms with E-state index >= 15 is 0 Å². The van der Waals surface area contributed by atoms with E-state index in [9.17, 15) is 4.79 Å². The van der Waals surface area contributed by atoms with Gasteiger partial charge in [0.05, 0.1) is 5.75 Å². The summed E-state index contributed by atoms with van der Waals surface area (Å²) in [5.74, 6) is -0.551. The molecule has 0 radical (unpaired) electrons. The second kappa shape index (κ2) is 6.94. The van der Waals surface area contributed by atoms with Crippen molar-refractivity contribution >= 4 is 23.7 Å². The maximum Gasteiger partial charge on any atom is 0.313 e. The van der Waals surface area contributed by atoms with Gasteiger partial charge in [-0.25, -0.2) is 0 Å². The van der Waals surface area contributed by atoms with Crippen molar-refractivity contribution in [3.05, 3.63) is 0 Å². The second-order valence-corrected chi connectivity index (χ2v) is 6.02. The summed E-state index contributed by atoms with van der Waals surface area (Å²) in [7, 11) is 0. The van der Waals surface area contributed by atoms with Crippen molar-refractivity contribution in [3.8, 4) is 0 Å². The Morgan fingerprint density at radius 2 is 2.10 bits per heavy atom. The smallest absolute Gasteiger partial charge is 0.313 e. The van der Waals surface area contributed by atoms with Crippen molar-refractivity contribution in [1.29, 1.82) is 0 Å². The number of piperidine rings is 1. The zero-order chi connectivity index (χ0) is 14.5. The van der Waals surface area contributed by atoms with Gasteiger partial charge in [-0.3, -0.25) is 14.3 Å². The number of thioether (sulfide) groups is 1. The van der Waals surface area contributed by atoms with Crippen LogP contribution >= 0.6 is 11.8 Å². The Kier molecular flexibility index (Phi) is 5.24. The van der Waals surface area contributed by atoms with Gasteiger partial charge in [0.25, 0.3) is 0 Å². The number of carboxylic acid groups (broad SMARTS) is 1. The average Bonchev–Trinajstić information content (AvgIpc) is 2.78. The number of likely N-dealkylation sites (tertiary alicyclic amines) is 1. The minimum Gasteiger partial charge on any atom is -0.481 e. The number of carboxylic acids is 1. The van der Waals surface area contributed by atoms with Crippen LogP contribution in [0.25, 0.3) is 0 Å². The van der Waals surface area contributed by atoms with Crippen LogP contribution in [0.5, 0.6) is 0 Å². The molecule has 112 valence electrons. The van der Waals surface area contributed by atoms with E-state index in [0.29, 0.717) is 23.7 Å². The van der Waals surface area contributed by atoms with E-state index < -0.39 is 5.97 Å². The summed E-state index contributed by atoms with van der Waals surface area (Å²) < 4.78 is 1.81. The first-order valence-corrected chi connectivity index (χ1v) is 7.84. The van der Waals surface area contributed by atoms with Crippen molar-refractivity contribution in [2.75, 3.05) is 24.6 Å². The molecule has 1 aromatic rings.